The molecule has 1 aliphatic rings. The van der Waals surface area contributed by atoms with Crippen LogP contribution in [0, 0.1) is 0 Å². The van der Waals surface area contributed by atoms with E-state index in [2.05, 4.69) is 10.3 Å². The molecule has 1 aliphatic heterocycles. The van der Waals surface area contributed by atoms with Crippen molar-refractivity contribution in [3.63, 3.8) is 0 Å². The average molecular weight is 321 g/mol. The molecule has 0 radical (unpaired) electrons. The zero-order valence-corrected chi connectivity index (χ0v) is 13.7. The quantitative estimate of drug-likeness (QED) is 0.943. The number of amides is 2. The van der Waals surface area contributed by atoms with E-state index in [1.807, 2.05) is 54.6 Å². The molecule has 0 aromatic heterocycles. The van der Waals surface area contributed by atoms with E-state index in [1.165, 1.54) is 0 Å². The van der Waals surface area contributed by atoms with Crippen LogP contribution in [-0.4, -0.2) is 30.7 Å². The van der Waals surface area contributed by atoms with Gasteiger partial charge in [-0.15, -0.1) is 0 Å². The van der Waals surface area contributed by atoms with Gasteiger partial charge in [-0.1, -0.05) is 55.5 Å². The molecule has 122 valence electrons. The maximum atomic E-state index is 12.7. The summed E-state index contributed by atoms with van der Waals surface area (Å²) in [5.74, 6) is -0.459. The minimum Gasteiger partial charge on any atom is -0.327 e. The first-order chi connectivity index (χ1) is 11.6. The lowest BCUT2D eigenvalue weighted by Gasteiger charge is -2.20. The van der Waals surface area contributed by atoms with Crippen molar-refractivity contribution in [2.75, 3.05) is 11.9 Å². The Balaban J connectivity index is 2.16. The van der Waals surface area contributed by atoms with Crippen LogP contribution in [0.25, 0.3) is 0 Å². The number of carbonyl (C=O) groups excluding carboxylic acids is 2. The van der Waals surface area contributed by atoms with Crippen molar-refractivity contribution in [3.8, 4) is 0 Å². The van der Waals surface area contributed by atoms with Crippen molar-refractivity contribution >= 4 is 23.2 Å². The van der Waals surface area contributed by atoms with Gasteiger partial charge >= 0.3 is 0 Å². The molecule has 1 N–H and O–H groups in total. The van der Waals surface area contributed by atoms with Crippen LogP contribution in [0.4, 0.5) is 5.69 Å². The highest BCUT2D eigenvalue weighted by Crippen LogP contribution is 2.27. The summed E-state index contributed by atoms with van der Waals surface area (Å²) in [5, 5.41) is 2.71. The minimum absolute atomic E-state index is 0.205. The zero-order chi connectivity index (χ0) is 17.1. The van der Waals surface area contributed by atoms with Crippen LogP contribution >= 0.6 is 0 Å². The summed E-state index contributed by atoms with van der Waals surface area (Å²) >= 11 is 0. The van der Waals surface area contributed by atoms with Crippen LogP contribution in [0.15, 0.2) is 59.6 Å². The third kappa shape index (κ3) is 2.93. The highest BCUT2D eigenvalue weighted by Gasteiger charge is 2.30. The number of nitrogens with one attached hydrogen (secondary N) is 1. The molecule has 0 unspecified atom stereocenters. The van der Waals surface area contributed by atoms with E-state index in [9.17, 15) is 9.59 Å². The fourth-order valence-electron chi connectivity index (χ4n) is 2.70. The van der Waals surface area contributed by atoms with Crippen molar-refractivity contribution in [1.29, 1.82) is 0 Å². The summed E-state index contributed by atoms with van der Waals surface area (Å²) in [6, 6.07) is 17.3. The number of fused-ring (bicyclic) bond motifs is 1. The molecule has 5 nitrogen and oxygen atoms in total. The number of aliphatic imine (C=N–C) groups is 1. The van der Waals surface area contributed by atoms with E-state index in [4.69, 9.17) is 0 Å². The molecule has 1 atom stereocenters. The van der Waals surface area contributed by atoms with Crippen LogP contribution < -0.4 is 10.2 Å². The van der Waals surface area contributed by atoms with Crippen LogP contribution in [0.1, 0.15) is 24.5 Å². The Morgan fingerprint density at radius 1 is 1.12 bits per heavy atom. The Morgan fingerprint density at radius 3 is 2.50 bits per heavy atom. The van der Waals surface area contributed by atoms with Gasteiger partial charge in [0.05, 0.1) is 11.4 Å². The molecule has 2 aromatic rings. The van der Waals surface area contributed by atoms with E-state index >= 15 is 0 Å². The summed E-state index contributed by atoms with van der Waals surface area (Å²) in [5.41, 5.74) is 3.25. The topological polar surface area (TPSA) is 61.8 Å². The number of carbonyl (C=O) groups is 2. The highest BCUT2D eigenvalue weighted by atomic mass is 16.2. The Morgan fingerprint density at radius 2 is 1.79 bits per heavy atom. The second kappa shape index (κ2) is 6.66. The number of para-hydroxylation sites is 1. The third-order valence-electron chi connectivity index (χ3n) is 4.01. The molecule has 1 heterocycles. The standard InChI is InChI=1S/C19H19N3O2/c1-3-16(23)20-18-19(24)22(2)15-12-8-7-11-14(15)17(21-18)13-9-5-4-6-10-13/h4-12,18H,3H2,1-2H3,(H,20,23)/t18-/m1/s1. The summed E-state index contributed by atoms with van der Waals surface area (Å²) in [7, 11) is 1.70. The van der Waals surface area contributed by atoms with Crippen LogP contribution in [0.5, 0.6) is 0 Å². The Hall–Kier alpha value is -2.95. The van der Waals surface area contributed by atoms with Gasteiger partial charge in [0.2, 0.25) is 12.1 Å². The molecule has 3 rings (SSSR count). The number of hydrogen-bond donors (Lipinski definition) is 1. The molecule has 2 amide bonds. The van der Waals surface area contributed by atoms with E-state index < -0.39 is 6.17 Å². The number of benzodiazepines with no additional fused rings is 1. The van der Waals surface area contributed by atoms with Crippen LogP contribution in [0.3, 0.4) is 0 Å². The number of benzene rings is 2. The predicted octanol–water partition coefficient (Wildman–Crippen LogP) is 2.35. The van der Waals surface area contributed by atoms with Crippen molar-refractivity contribution < 1.29 is 9.59 Å². The van der Waals surface area contributed by atoms with Gasteiger partial charge in [0.25, 0.3) is 5.91 Å². The first-order valence-electron chi connectivity index (χ1n) is 7.91. The Bertz CT molecular complexity index is 799. The SMILES string of the molecule is CCC(=O)N[C@@H]1N=C(c2ccccc2)c2ccccc2N(C)C1=O. The third-order valence-corrected chi connectivity index (χ3v) is 4.01. The van der Waals surface area contributed by atoms with E-state index in [1.54, 1.807) is 18.9 Å². The lowest BCUT2D eigenvalue weighted by atomic mass is 10.0. The van der Waals surface area contributed by atoms with Gasteiger partial charge in [-0.05, 0) is 6.07 Å². The van der Waals surface area contributed by atoms with Crippen molar-refractivity contribution in [3.05, 3.63) is 65.7 Å². The molecule has 5 heteroatoms. The Kier molecular flexibility index (Phi) is 4.42. The first kappa shape index (κ1) is 15.9. The molecule has 0 aliphatic carbocycles. The highest BCUT2D eigenvalue weighted by molar-refractivity contribution is 6.20. The summed E-state index contributed by atoms with van der Waals surface area (Å²) in [4.78, 5) is 30.7. The second-order valence-electron chi connectivity index (χ2n) is 5.58. The van der Waals surface area contributed by atoms with Crippen LogP contribution in [0.2, 0.25) is 0 Å². The van der Waals surface area contributed by atoms with Gasteiger partial charge in [0.15, 0.2) is 0 Å². The normalized spacial score (nSPS) is 16.9. The molecular weight excluding hydrogens is 302 g/mol. The first-order valence-corrected chi connectivity index (χ1v) is 7.91. The molecule has 0 saturated heterocycles. The maximum absolute atomic E-state index is 12.7. The number of anilines is 1. The number of nitrogens with zero attached hydrogens (tertiary/aromatic N) is 2. The lowest BCUT2D eigenvalue weighted by Crippen LogP contribution is -2.45. The molecule has 24 heavy (non-hydrogen) atoms. The van der Waals surface area contributed by atoms with E-state index in [0.29, 0.717) is 12.1 Å². The van der Waals surface area contributed by atoms with Crippen LogP contribution in [-0.2, 0) is 9.59 Å². The molecule has 2 aromatic carbocycles. The lowest BCUT2D eigenvalue weighted by molar-refractivity contribution is -0.127. The smallest absolute Gasteiger partial charge is 0.272 e. The van der Waals surface area contributed by atoms with Gasteiger partial charge in [-0.3, -0.25) is 9.59 Å². The number of hydrogen-bond acceptors (Lipinski definition) is 3. The fraction of sp³-hybridized carbons (Fsp3) is 0.211. The maximum Gasteiger partial charge on any atom is 0.272 e. The average Bonchev–Trinajstić information content (AvgIpc) is 2.73. The molecule has 0 fully saturated rings. The predicted molar refractivity (Wildman–Crippen MR) is 94.2 cm³/mol. The molecule has 0 bridgehead atoms. The summed E-state index contributed by atoms with van der Waals surface area (Å²) in [6.07, 6.45) is -0.624. The van der Waals surface area contributed by atoms with Gasteiger partial charge < -0.3 is 10.2 Å². The monoisotopic (exact) mass is 321 g/mol. The zero-order valence-electron chi connectivity index (χ0n) is 13.7. The van der Waals surface area contributed by atoms with Crippen molar-refractivity contribution in [2.24, 2.45) is 4.99 Å². The second-order valence-corrected chi connectivity index (χ2v) is 5.58. The van der Waals surface area contributed by atoms with Crippen molar-refractivity contribution in [1.82, 2.24) is 5.32 Å². The largest absolute Gasteiger partial charge is 0.327 e. The molecule has 0 saturated carbocycles. The van der Waals surface area contributed by atoms with Gasteiger partial charge in [-0.2, -0.15) is 0 Å². The summed E-state index contributed by atoms with van der Waals surface area (Å²) in [6.45, 7) is 1.75. The minimum atomic E-state index is -0.926. The van der Waals surface area contributed by atoms with Gasteiger partial charge in [0.1, 0.15) is 0 Å². The van der Waals surface area contributed by atoms with E-state index in [-0.39, 0.29) is 11.8 Å². The van der Waals surface area contributed by atoms with E-state index in [0.717, 1.165) is 16.8 Å². The Labute approximate surface area is 141 Å². The number of likely N-dealkylation sites (N-methyl/N-ethyl adjacent to an activating group) is 1. The van der Waals surface area contributed by atoms with Gasteiger partial charge in [-0.25, -0.2) is 4.99 Å². The summed E-state index contributed by atoms with van der Waals surface area (Å²) < 4.78 is 0. The van der Waals surface area contributed by atoms with Gasteiger partial charge in [0, 0.05) is 24.6 Å². The van der Waals surface area contributed by atoms with Crippen molar-refractivity contribution in [2.45, 2.75) is 19.5 Å². The molecule has 0 spiro atoms. The number of rotatable bonds is 3. The fourth-order valence-corrected chi connectivity index (χ4v) is 2.70. The molecular formula is C19H19N3O2.